The van der Waals surface area contributed by atoms with E-state index in [2.05, 4.69) is 20.8 Å². The van der Waals surface area contributed by atoms with Gasteiger partial charge >= 0.3 is 6.03 Å². The van der Waals surface area contributed by atoms with E-state index in [4.69, 9.17) is 11.6 Å². The van der Waals surface area contributed by atoms with Gasteiger partial charge in [-0.3, -0.25) is 4.98 Å². The van der Waals surface area contributed by atoms with Crippen LogP contribution in [0.1, 0.15) is 5.56 Å². The van der Waals surface area contributed by atoms with Gasteiger partial charge in [-0.2, -0.15) is 5.10 Å². The summed E-state index contributed by atoms with van der Waals surface area (Å²) in [7, 11) is 0. The van der Waals surface area contributed by atoms with Crippen LogP contribution in [0.15, 0.2) is 53.9 Å². The Hall–Kier alpha value is -2.40. The monoisotopic (exact) mass is 274 g/mol. The molecule has 2 amide bonds. The van der Waals surface area contributed by atoms with Gasteiger partial charge in [0.2, 0.25) is 0 Å². The molecule has 1 heterocycles. The number of carbonyl (C=O) groups is 1. The van der Waals surface area contributed by atoms with Crippen molar-refractivity contribution >= 4 is 29.5 Å². The van der Waals surface area contributed by atoms with E-state index in [-0.39, 0.29) is 0 Å². The number of hydrogen-bond donors (Lipinski definition) is 2. The minimum absolute atomic E-state index is 0.442. The van der Waals surface area contributed by atoms with Gasteiger partial charge in [-0.1, -0.05) is 23.7 Å². The number of amides is 2. The first-order valence-electron chi connectivity index (χ1n) is 5.50. The number of nitrogens with zero attached hydrogens (tertiary/aromatic N) is 2. The zero-order valence-electron chi connectivity index (χ0n) is 9.88. The Labute approximate surface area is 115 Å². The molecule has 96 valence electrons. The van der Waals surface area contributed by atoms with Gasteiger partial charge in [-0.05, 0) is 24.3 Å². The molecule has 0 atom stereocenters. The third kappa shape index (κ3) is 4.40. The van der Waals surface area contributed by atoms with Crippen LogP contribution in [0.4, 0.5) is 10.5 Å². The highest BCUT2D eigenvalue weighted by Gasteiger charge is 1.99. The van der Waals surface area contributed by atoms with Crippen LogP contribution in [0.2, 0.25) is 5.02 Å². The van der Waals surface area contributed by atoms with Crippen molar-refractivity contribution in [3.8, 4) is 0 Å². The number of benzene rings is 1. The maximum absolute atomic E-state index is 11.5. The van der Waals surface area contributed by atoms with Crippen molar-refractivity contribution < 1.29 is 4.79 Å². The molecule has 5 nitrogen and oxygen atoms in total. The van der Waals surface area contributed by atoms with Crippen molar-refractivity contribution in [2.45, 2.75) is 0 Å². The van der Waals surface area contributed by atoms with E-state index in [9.17, 15) is 4.79 Å². The lowest BCUT2D eigenvalue weighted by Gasteiger charge is -2.03. The summed E-state index contributed by atoms with van der Waals surface area (Å²) in [5.74, 6) is 0. The maximum atomic E-state index is 11.5. The van der Waals surface area contributed by atoms with Crippen LogP contribution < -0.4 is 10.7 Å². The number of carbonyl (C=O) groups excluding carboxylic acids is 1. The van der Waals surface area contributed by atoms with E-state index < -0.39 is 6.03 Å². The number of pyridine rings is 1. The summed E-state index contributed by atoms with van der Waals surface area (Å²) in [4.78, 5) is 15.4. The second-order valence-corrected chi connectivity index (χ2v) is 4.06. The fraction of sp³-hybridized carbons (Fsp3) is 0. The smallest absolute Gasteiger partial charge is 0.306 e. The first kappa shape index (κ1) is 13.0. The number of rotatable bonds is 3. The summed E-state index contributed by atoms with van der Waals surface area (Å²) in [6.45, 7) is 0. The zero-order valence-corrected chi connectivity index (χ0v) is 10.6. The highest BCUT2D eigenvalue weighted by atomic mass is 35.5. The van der Waals surface area contributed by atoms with Crippen molar-refractivity contribution in [2.24, 2.45) is 5.10 Å². The van der Waals surface area contributed by atoms with Crippen molar-refractivity contribution in [2.75, 3.05) is 5.32 Å². The molecule has 0 aliphatic heterocycles. The highest BCUT2D eigenvalue weighted by molar-refractivity contribution is 6.30. The maximum Gasteiger partial charge on any atom is 0.339 e. The first-order valence-corrected chi connectivity index (χ1v) is 5.87. The first-order chi connectivity index (χ1) is 9.24. The largest absolute Gasteiger partial charge is 0.339 e. The van der Waals surface area contributed by atoms with E-state index in [1.807, 2.05) is 6.07 Å². The summed E-state index contributed by atoms with van der Waals surface area (Å²) in [5.41, 5.74) is 3.74. The van der Waals surface area contributed by atoms with Crippen molar-refractivity contribution in [3.63, 3.8) is 0 Å². The number of halogens is 1. The second kappa shape index (κ2) is 6.51. The third-order valence-electron chi connectivity index (χ3n) is 2.15. The Balaban J connectivity index is 1.87. The molecule has 1 aromatic heterocycles. The van der Waals surface area contributed by atoms with Gasteiger partial charge in [-0.15, -0.1) is 0 Å². The number of hydrogen-bond acceptors (Lipinski definition) is 3. The minimum atomic E-state index is -0.442. The SMILES string of the molecule is O=C(NN=Cc1cccnc1)Nc1cccc(Cl)c1. The molecule has 19 heavy (non-hydrogen) atoms. The lowest BCUT2D eigenvalue weighted by molar-refractivity contribution is 0.252. The van der Waals surface area contributed by atoms with Gasteiger partial charge in [-0.25, -0.2) is 10.2 Å². The van der Waals surface area contributed by atoms with E-state index in [0.29, 0.717) is 10.7 Å². The predicted molar refractivity (Wildman–Crippen MR) is 75.4 cm³/mol. The van der Waals surface area contributed by atoms with Crippen LogP contribution >= 0.6 is 11.6 Å². The molecular formula is C13H11ClN4O. The van der Waals surface area contributed by atoms with Crippen molar-refractivity contribution in [1.82, 2.24) is 10.4 Å². The number of hydrazone groups is 1. The normalized spacial score (nSPS) is 10.4. The van der Waals surface area contributed by atoms with Gasteiger partial charge < -0.3 is 5.32 Å². The van der Waals surface area contributed by atoms with Crippen LogP contribution in [0.5, 0.6) is 0 Å². The molecule has 0 saturated heterocycles. The molecule has 0 saturated carbocycles. The third-order valence-corrected chi connectivity index (χ3v) is 2.38. The summed E-state index contributed by atoms with van der Waals surface area (Å²) in [6.07, 6.45) is 4.81. The van der Waals surface area contributed by atoms with Gasteiger partial charge in [0.1, 0.15) is 0 Å². The summed E-state index contributed by atoms with van der Waals surface area (Å²) in [6, 6.07) is 10.0. The summed E-state index contributed by atoms with van der Waals surface area (Å²) >= 11 is 5.80. The van der Waals surface area contributed by atoms with E-state index in [1.165, 1.54) is 6.21 Å². The molecule has 0 fully saturated rings. The molecule has 0 unspecified atom stereocenters. The molecule has 0 bridgehead atoms. The van der Waals surface area contributed by atoms with Crippen LogP contribution in [-0.2, 0) is 0 Å². The van der Waals surface area contributed by atoms with Crippen LogP contribution in [0.3, 0.4) is 0 Å². The van der Waals surface area contributed by atoms with Crippen LogP contribution in [0, 0.1) is 0 Å². The molecule has 0 radical (unpaired) electrons. The Kier molecular flexibility index (Phi) is 4.47. The molecule has 1 aromatic carbocycles. The minimum Gasteiger partial charge on any atom is -0.306 e. The summed E-state index contributed by atoms with van der Waals surface area (Å²) in [5, 5.41) is 6.96. The molecule has 6 heteroatoms. The van der Waals surface area contributed by atoms with E-state index in [0.717, 1.165) is 5.56 Å². The van der Waals surface area contributed by atoms with Crippen LogP contribution in [-0.4, -0.2) is 17.2 Å². The van der Waals surface area contributed by atoms with Gasteiger partial charge in [0.05, 0.1) is 6.21 Å². The molecule has 0 spiro atoms. The highest BCUT2D eigenvalue weighted by Crippen LogP contribution is 2.14. The zero-order chi connectivity index (χ0) is 13.5. The number of urea groups is 1. The van der Waals surface area contributed by atoms with Crippen molar-refractivity contribution in [3.05, 3.63) is 59.4 Å². The second-order valence-electron chi connectivity index (χ2n) is 3.62. The molecular weight excluding hydrogens is 264 g/mol. The Morgan fingerprint density at radius 1 is 1.32 bits per heavy atom. The molecule has 0 aliphatic rings. The molecule has 2 rings (SSSR count). The van der Waals surface area contributed by atoms with E-state index in [1.54, 1.807) is 42.7 Å². The Morgan fingerprint density at radius 3 is 2.95 bits per heavy atom. The number of nitrogens with one attached hydrogen (secondary N) is 2. The molecule has 2 aromatic rings. The fourth-order valence-electron chi connectivity index (χ4n) is 1.34. The Morgan fingerprint density at radius 2 is 2.21 bits per heavy atom. The number of aromatic nitrogens is 1. The summed E-state index contributed by atoms with van der Waals surface area (Å²) < 4.78 is 0. The Bertz CT molecular complexity index is 586. The molecule has 0 aliphatic carbocycles. The van der Waals surface area contributed by atoms with Gasteiger partial charge in [0.25, 0.3) is 0 Å². The van der Waals surface area contributed by atoms with Gasteiger partial charge in [0.15, 0.2) is 0 Å². The lowest BCUT2D eigenvalue weighted by atomic mass is 10.3. The predicted octanol–water partition coefficient (Wildman–Crippen LogP) is 2.89. The van der Waals surface area contributed by atoms with Crippen molar-refractivity contribution in [1.29, 1.82) is 0 Å². The quantitative estimate of drug-likeness (QED) is 0.667. The molecule has 2 N–H and O–H groups in total. The van der Waals surface area contributed by atoms with Crippen LogP contribution in [0.25, 0.3) is 0 Å². The average molecular weight is 275 g/mol. The fourth-order valence-corrected chi connectivity index (χ4v) is 1.53. The topological polar surface area (TPSA) is 66.4 Å². The lowest BCUT2D eigenvalue weighted by Crippen LogP contribution is -2.24. The average Bonchev–Trinajstić information content (AvgIpc) is 2.40. The number of anilines is 1. The standard InChI is InChI=1S/C13H11ClN4O/c14-11-4-1-5-12(7-11)17-13(19)18-16-9-10-3-2-6-15-8-10/h1-9H,(H2,17,18,19). The van der Waals surface area contributed by atoms with E-state index >= 15 is 0 Å². The van der Waals surface area contributed by atoms with Gasteiger partial charge in [0, 0.05) is 28.7 Å².